The molecule has 2 atom stereocenters. The number of hydrogen-bond donors (Lipinski definition) is 2. The average molecular weight is 269 g/mol. The molecule has 7 nitrogen and oxygen atoms in total. The molecule has 1 aromatic rings. The maximum Gasteiger partial charge on any atom is 0.486 e. The van der Waals surface area contributed by atoms with Crippen LogP contribution in [0.4, 0.5) is 0 Å². The predicted molar refractivity (Wildman–Crippen MR) is 65.3 cm³/mol. The van der Waals surface area contributed by atoms with Gasteiger partial charge in [-0.2, -0.15) is 0 Å². The summed E-state index contributed by atoms with van der Waals surface area (Å²) in [4.78, 5) is 21.3. The van der Waals surface area contributed by atoms with Crippen LogP contribution in [-0.2, 0) is 4.79 Å². The summed E-state index contributed by atoms with van der Waals surface area (Å²) < 4.78 is 4.99. The molecule has 19 heavy (non-hydrogen) atoms. The van der Waals surface area contributed by atoms with Gasteiger partial charge in [-0.1, -0.05) is 31.5 Å². The van der Waals surface area contributed by atoms with Crippen LogP contribution in [0.5, 0.6) is 5.75 Å². The fourth-order valence-electron chi connectivity index (χ4n) is 1.63. The van der Waals surface area contributed by atoms with Gasteiger partial charge in [0.15, 0.2) is 6.10 Å². The number of nitro groups is 1. The van der Waals surface area contributed by atoms with Gasteiger partial charge in [-0.3, -0.25) is 10.1 Å². The number of carboxylic acids is 1. The van der Waals surface area contributed by atoms with Crippen LogP contribution in [0.1, 0.15) is 19.8 Å². The lowest BCUT2D eigenvalue weighted by atomic mass is 10.0. The van der Waals surface area contributed by atoms with Gasteiger partial charge >= 0.3 is 11.7 Å². The highest BCUT2D eigenvalue weighted by Gasteiger charge is 2.61. The van der Waals surface area contributed by atoms with E-state index < -0.39 is 22.7 Å². The van der Waals surface area contributed by atoms with E-state index in [4.69, 9.17) is 9.84 Å². The Bertz CT molecular complexity index is 433. The molecule has 0 saturated carbocycles. The fourth-order valence-corrected chi connectivity index (χ4v) is 1.63. The molecule has 104 valence electrons. The smallest absolute Gasteiger partial charge is 0.473 e. The molecule has 0 radical (unpaired) electrons. The minimum atomic E-state index is -2.89. The Morgan fingerprint density at radius 2 is 2.05 bits per heavy atom. The van der Waals surface area contributed by atoms with E-state index >= 15 is 0 Å². The van der Waals surface area contributed by atoms with Crippen LogP contribution in [0.3, 0.4) is 0 Å². The Morgan fingerprint density at radius 3 is 2.47 bits per heavy atom. The zero-order chi connectivity index (χ0) is 14.5. The molecule has 1 rings (SSSR count). The summed E-state index contributed by atoms with van der Waals surface area (Å²) in [6.45, 7) is 1.68. The van der Waals surface area contributed by atoms with E-state index in [9.17, 15) is 20.0 Å². The standard InChI is InChI=1S/C12H15NO6/c1-2-6-10(14)12(11(15)16,13(17)18)19-9-7-4-3-5-8-9/h3-5,7-8,10,14H,2,6H2,1H3,(H,15,16)/t10?,12-/m1/s1. The highest BCUT2D eigenvalue weighted by Crippen LogP contribution is 2.25. The molecule has 0 aromatic heterocycles. The summed E-state index contributed by atoms with van der Waals surface area (Å²) in [5, 5.41) is 30.1. The molecule has 0 fully saturated rings. The van der Waals surface area contributed by atoms with Crippen LogP contribution in [0.25, 0.3) is 0 Å². The molecule has 0 aliphatic heterocycles. The van der Waals surface area contributed by atoms with Crippen molar-refractivity contribution in [1.29, 1.82) is 0 Å². The summed E-state index contributed by atoms with van der Waals surface area (Å²) in [5.41, 5.74) is -2.89. The minimum absolute atomic E-state index is 0.0109. The van der Waals surface area contributed by atoms with Gasteiger partial charge in [-0.05, 0) is 18.6 Å². The largest absolute Gasteiger partial charge is 0.486 e. The van der Waals surface area contributed by atoms with Crippen molar-refractivity contribution in [3.63, 3.8) is 0 Å². The summed E-state index contributed by atoms with van der Waals surface area (Å²) in [6, 6.07) is 7.53. The zero-order valence-electron chi connectivity index (χ0n) is 10.4. The third-order valence-electron chi connectivity index (χ3n) is 2.61. The summed E-state index contributed by atoms with van der Waals surface area (Å²) in [6.07, 6.45) is -1.41. The fraction of sp³-hybridized carbons (Fsp3) is 0.417. The van der Waals surface area contributed by atoms with Crippen LogP contribution in [0.15, 0.2) is 30.3 Å². The van der Waals surface area contributed by atoms with Gasteiger partial charge in [0, 0.05) is 0 Å². The van der Waals surface area contributed by atoms with E-state index in [1.807, 2.05) is 0 Å². The molecule has 0 spiro atoms. The SMILES string of the molecule is CCCC(O)[C@@](Oc1ccccc1)(C(=O)O)[N+](=O)[O-]. The Hall–Kier alpha value is -2.15. The minimum Gasteiger partial charge on any atom is -0.473 e. The number of para-hydroxylation sites is 1. The van der Waals surface area contributed by atoms with E-state index in [-0.39, 0.29) is 12.2 Å². The van der Waals surface area contributed by atoms with Crippen molar-refractivity contribution < 1.29 is 24.7 Å². The first-order chi connectivity index (χ1) is 8.95. The van der Waals surface area contributed by atoms with Crippen LogP contribution < -0.4 is 4.74 Å². The second-order valence-corrected chi connectivity index (χ2v) is 3.98. The van der Waals surface area contributed by atoms with Gasteiger partial charge in [0.05, 0.1) is 4.92 Å². The lowest BCUT2D eigenvalue weighted by Gasteiger charge is -2.26. The van der Waals surface area contributed by atoms with Gasteiger partial charge < -0.3 is 14.9 Å². The Balaban J connectivity index is 3.17. The molecule has 0 bridgehead atoms. The predicted octanol–water partition coefficient (Wildman–Crippen LogP) is 1.28. The van der Waals surface area contributed by atoms with E-state index in [0.717, 1.165) is 0 Å². The number of aliphatic hydroxyl groups excluding tert-OH is 1. The van der Waals surface area contributed by atoms with Crippen LogP contribution in [-0.4, -0.2) is 32.9 Å². The van der Waals surface area contributed by atoms with Gasteiger partial charge in [-0.15, -0.1) is 0 Å². The van der Waals surface area contributed by atoms with Gasteiger partial charge in [0.25, 0.3) is 0 Å². The molecule has 1 unspecified atom stereocenters. The number of ether oxygens (including phenoxy) is 1. The number of aliphatic hydroxyl groups is 1. The van der Waals surface area contributed by atoms with Crippen LogP contribution in [0.2, 0.25) is 0 Å². The quantitative estimate of drug-likeness (QED) is 0.438. The molecule has 0 heterocycles. The first-order valence-electron chi connectivity index (χ1n) is 5.75. The molecule has 0 amide bonds. The van der Waals surface area contributed by atoms with Gasteiger partial charge in [0.2, 0.25) is 0 Å². The number of carboxylic acid groups (broad SMARTS) is 1. The Labute approximate surface area is 109 Å². The molecule has 0 aliphatic carbocycles. The van der Waals surface area contributed by atoms with E-state index in [1.54, 1.807) is 25.1 Å². The highest BCUT2D eigenvalue weighted by molar-refractivity contribution is 5.76. The van der Waals surface area contributed by atoms with E-state index in [0.29, 0.717) is 6.42 Å². The van der Waals surface area contributed by atoms with Crippen molar-refractivity contribution in [2.75, 3.05) is 0 Å². The molecule has 1 aromatic carbocycles. The van der Waals surface area contributed by atoms with Crippen LogP contribution in [0, 0.1) is 10.1 Å². The van der Waals surface area contributed by atoms with Crippen LogP contribution >= 0.6 is 0 Å². The van der Waals surface area contributed by atoms with Crippen molar-refractivity contribution in [2.24, 2.45) is 0 Å². The lowest BCUT2D eigenvalue weighted by Crippen LogP contribution is -2.60. The lowest BCUT2D eigenvalue weighted by molar-refractivity contribution is -0.612. The van der Waals surface area contributed by atoms with Crippen molar-refractivity contribution in [1.82, 2.24) is 0 Å². The van der Waals surface area contributed by atoms with Crippen molar-refractivity contribution in [3.8, 4) is 5.75 Å². The summed E-state index contributed by atoms with van der Waals surface area (Å²) in [7, 11) is 0. The molecular formula is C12H15NO6. The maximum absolute atomic E-state index is 11.3. The Kier molecular flexibility index (Phi) is 4.82. The Morgan fingerprint density at radius 1 is 1.47 bits per heavy atom. The normalized spacial score (nSPS) is 15.3. The monoisotopic (exact) mass is 269 g/mol. The third kappa shape index (κ3) is 3.00. The molecule has 0 aliphatic rings. The number of nitrogens with zero attached hydrogens (tertiary/aromatic N) is 1. The number of hydrogen-bond acceptors (Lipinski definition) is 5. The van der Waals surface area contributed by atoms with Gasteiger partial charge in [-0.25, -0.2) is 4.79 Å². The molecule has 7 heteroatoms. The number of rotatable bonds is 7. The zero-order valence-corrected chi connectivity index (χ0v) is 10.4. The topological polar surface area (TPSA) is 110 Å². The third-order valence-corrected chi connectivity index (χ3v) is 2.61. The molecule has 0 saturated heterocycles. The number of aliphatic carboxylic acids is 1. The maximum atomic E-state index is 11.3. The van der Waals surface area contributed by atoms with E-state index in [1.165, 1.54) is 12.1 Å². The summed E-state index contributed by atoms with van der Waals surface area (Å²) >= 11 is 0. The number of carbonyl (C=O) groups is 1. The average Bonchev–Trinajstić information content (AvgIpc) is 2.36. The first kappa shape index (κ1) is 14.9. The highest BCUT2D eigenvalue weighted by atomic mass is 16.7. The molecular weight excluding hydrogens is 254 g/mol. The van der Waals surface area contributed by atoms with Crippen molar-refractivity contribution in [3.05, 3.63) is 40.4 Å². The second kappa shape index (κ2) is 6.14. The van der Waals surface area contributed by atoms with E-state index in [2.05, 4.69) is 0 Å². The molecule has 2 N–H and O–H groups in total. The van der Waals surface area contributed by atoms with Crippen molar-refractivity contribution >= 4 is 5.97 Å². The summed E-state index contributed by atoms with van der Waals surface area (Å²) in [5.74, 6) is -1.82. The number of benzene rings is 1. The van der Waals surface area contributed by atoms with Crippen molar-refractivity contribution in [2.45, 2.75) is 31.6 Å². The second-order valence-electron chi connectivity index (χ2n) is 3.98. The van der Waals surface area contributed by atoms with Gasteiger partial charge in [0.1, 0.15) is 5.75 Å². The first-order valence-corrected chi connectivity index (χ1v) is 5.75.